The van der Waals surface area contributed by atoms with Gasteiger partial charge < -0.3 is 30.7 Å². The molecule has 3 aromatic rings. The zero-order valence-electron chi connectivity index (χ0n) is 27.2. The van der Waals surface area contributed by atoms with Crippen LogP contribution in [0.5, 0.6) is 0 Å². The molecule has 0 N–H and O–H groups in total. The first-order valence-corrected chi connectivity index (χ1v) is 13.8. The van der Waals surface area contributed by atoms with E-state index < -0.39 is 86.9 Å². The molecule has 271 valence electrons. The van der Waals surface area contributed by atoms with Crippen molar-refractivity contribution in [2.75, 3.05) is 81.6 Å². The minimum Gasteiger partial charge on any atom is -0.678 e. The first-order valence-electron chi connectivity index (χ1n) is 13.8. The molecule has 0 aromatic heterocycles. The summed E-state index contributed by atoms with van der Waals surface area (Å²) in [5, 5.41) is 10.5. The third-order valence-electron chi connectivity index (χ3n) is 5.72. The van der Waals surface area contributed by atoms with Crippen LogP contribution in [0.1, 0.15) is 0 Å². The number of hydrogen-bond acceptors (Lipinski definition) is 3. The molecule has 0 saturated heterocycles. The minimum atomic E-state index is -1.46. The van der Waals surface area contributed by atoms with Crippen LogP contribution in [-0.4, -0.2) is 96.3 Å². The van der Waals surface area contributed by atoms with Gasteiger partial charge in [-0.1, -0.05) is 17.1 Å². The second-order valence-corrected chi connectivity index (χ2v) is 10.5. The summed E-state index contributed by atoms with van der Waals surface area (Å²) in [6, 6.07) is 0.487. The number of benzene rings is 3. The molecule has 0 bridgehead atoms. The van der Waals surface area contributed by atoms with Crippen LogP contribution in [0.25, 0.3) is 16.0 Å². The summed E-state index contributed by atoms with van der Waals surface area (Å²) in [5.41, 5.74) is -2.67. The first kappa shape index (κ1) is 46.5. The molecule has 6 nitrogen and oxygen atoms in total. The fourth-order valence-corrected chi connectivity index (χ4v) is 3.18. The molecule has 0 aliphatic carbocycles. The van der Waals surface area contributed by atoms with Gasteiger partial charge in [0.05, 0.1) is 0 Å². The normalized spacial score (nSPS) is 10.7. The van der Waals surface area contributed by atoms with Crippen LogP contribution in [0.3, 0.4) is 0 Å². The maximum Gasteiger partial charge on any atom is 3.00 e. The van der Waals surface area contributed by atoms with E-state index in [1.54, 1.807) is 57.0 Å². The Morgan fingerprint density at radius 2 is 0.531 bits per heavy atom. The van der Waals surface area contributed by atoms with E-state index in [4.69, 9.17) is 0 Å². The molecule has 19 heteroatoms. The molecule has 0 fully saturated rings. The van der Waals surface area contributed by atoms with E-state index in [2.05, 4.69) is 16.0 Å². The molecule has 0 unspecified atom stereocenters. The Balaban J connectivity index is 0.000000698. The molecule has 0 amide bonds. The van der Waals surface area contributed by atoms with E-state index in [1.165, 1.54) is 0 Å². The van der Waals surface area contributed by atoms with Crippen LogP contribution in [0.4, 0.5) is 69.7 Å². The quantitative estimate of drug-likeness (QED) is 0.136. The number of nitrogens with zero attached hydrogens (tertiary/aromatic N) is 6. The van der Waals surface area contributed by atoms with Gasteiger partial charge in [-0.25, -0.2) is 52.7 Å². The van der Waals surface area contributed by atoms with Gasteiger partial charge in [0.25, 0.3) is 0 Å². The summed E-state index contributed by atoms with van der Waals surface area (Å²) >= 11 is 0. The summed E-state index contributed by atoms with van der Waals surface area (Å²) in [5.74, 6) is -17.4. The molecule has 0 aliphatic heterocycles. The van der Waals surface area contributed by atoms with Gasteiger partial charge in [0.15, 0.2) is 34.9 Å². The van der Waals surface area contributed by atoms with E-state index in [0.717, 1.165) is 0 Å². The van der Waals surface area contributed by atoms with Crippen molar-refractivity contribution in [3.63, 3.8) is 0 Å². The number of likely N-dealkylation sites (N-methyl/N-ethyl adjacent to an activating group) is 3. The van der Waals surface area contributed by atoms with E-state index in [9.17, 15) is 52.7 Å². The van der Waals surface area contributed by atoms with E-state index in [-0.39, 0.29) is 78.7 Å². The molecule has 3 rings (SSSR count). The van der Waals surface area contributed by atoms with Gasteiger partial charge in [-0.2, -0.15) is 0 Å². The van der Waals surface area contributed by atoms with Crippen LogP contribution in [0, 0.1) is 111 Å². The number of rotatable bonds is 12. The van der Waals surface area contributed by atoms with Crippen molar-refractivity contribution in [2.24, 2.45) is 0 Å². The summed E-state index contributed by atoms with van der Waals surface area (Å²) in [6.45, 7) is 1.46. The molecule has 0 atom stereocenters. The van der Waals surface area contributed by atoms with Gasteiger partial charge in [-0.15, -0.1) is 19.6 Å². The van der Waals surface area contributed by atoms with Crippen molar-refractivity contribution >= 4 is 17.1 Å². The fourth-order valence-electron chi connectivity index (χ4n) is 3.18. The van der Waals surface area contributed by atoms with Gasteiger partial charge in [0.2, 0.25) is 0 Å². The Morgan fingerprint density at radius 1 is 0.367 bits per heavy atom. The number of halogens is 12. The van der Waals surface area contributed by atoms with Crippen LogP contribution in [0.2, 0.25) is 0 Å². The maximum atomic E-state index is 13.1. The van der Waals surface area contributed by atoms with Crippen molar-refractivity contribution in [3.05, 3.63) is 104 Å². The van der Waals surface area contributed by atoms with Crippen molar-refractivity contribution in [3.8, 4) is 0 Å². The van der Waals surface area contributed by atoms with Gasteiger partial charge in [0, 0.05) is 18.2 Å². The maximum absolute atomic E-state index is 13.1. The molecule has 3 aromatic carbocycles. The smallest absolute Gasteiger partial charge is 0.678 e. The van der Waals surface area contributed by atoms with Gasteiger partial charge in [0.1, 0.15) is 34.9 Å². The molecular formula is C30H33F12N6Nd. The Labute approximate surface area is 309 Å². The van der Waals surface area contributed by atoms with E-state index in [1.807, 2.05) is 0 Å². The summed E-state index contributed by atoms with van der Waals surface area (Å²) < 4.78 is 155. The van der Waals surface area contributed by atoms with E-state index >= 15 is 0 Å². The third-order valence-corrected chi connectivity index (χ3v) is 5.72. The summed E-state index contributed by atoms with van der Waals surface area (Å²) in [6.07, 6.45) is 0. The van der Waals surface area contributed by atoms with Crippen LogP contribution >= 0.6 is 0 Å². The summed E-state index contributed by atoms with van der Waals surface area (Å²) in [4.78, 5) is 5.19. The van der Waals surface area contributed by atoms with Crippen molar-refractivity contribution in [1.82, 2.24) is 14.7 Å². The Hall–Kier alpha value is -2.55. The first-order chi connectivity index (χ1) is 22.3. The fraction of sp³-hybridized carbons (Fsp3) is 0.400. The third kappa shape index (κ3) is 15.1. The SMILES string of the molecule is CN(C)CC[N-]c1c(F)c(F)cc(F)c1F.CN(C)CC[N-]c1c(F)c(F)cc(F)c1F.CN(C)CC[N-]c1c(F)c(F)cc(F)c1F.[Nd+3]. The Kier molecular flexibility index (Phi) is 21.1. The van der Waals surface area contributed by atoms with Crippen molar-refractivity contribution in [1.29, 1.82) is 0 Å². The molecule has 0 saturated carbocycles. The van der Waals surface area contributed by atoms with Gasteiger partial charge in [-0.05, 0) is 61.9 Å². The predicted molar refractivity (Wildman–Crippen MR) is 158 cm³/mol. The number of hydrogen-bond donors (Lipinski definition) is 0. The molecule has 0 spiro atoms. The molecule has 1 radical (unpaired) electrons. The Bertz CT molecular complexity index is 1240. The standard InChI is InChI=1S/3C10H11F4N2.Nd/c3*1-16(2)4-3-15-10-8(13)6(11)5-7(12)9(10)14;/h3*5H,3-4H2,1-2H3;/q3*-1;+3. The van der Waals surface area contributed by atoms with Crippen molar-refractivity contribution in [2.45, 2.75) is 0 Å². The molecule has 49 heavy (non-hydrogen) atoms. The van der Waals surface area contributed by atoms with Crippen LogP contribution in [-0.2, 0) is 0 Å². The second-order valence-electron chi connectivity index (χ2n) is 10.5. The zero-order chi connectivity index (χ0) is 36.9. The predicted octanol–water partition coefficient (Wildman–Crippen LogP) is 8.43. The topological polar surface area (TPSA) is 52.0 Å². The Morgan fingerprint density at radius 3 is 0.673 bits per heavy atom. The van der Waals surface area contributed by atoms with Gasteiger partial charge >= 0.3 is 40.8 Å². The van der Waals surface area contributed by atoms with Crippen molar-refractivity contribution < 1.29 is 93.5 Å². The second kappa shape index (κ2) is 22.3. The van der Waals surface area contributed by atoms with Crippen LogP contribution < -0.4 is 0 Å². The average molecular weight is 850 g/mol. The summed E-state index contributed by atoms with van der Waals surface area (Å²) in [7, 11) is 10.5. The zero-order valence-corrected chi connectivity index (χ0v) is 30.4. The molecular weight excluding hydrogens is 817 g/mol. The van der Waals surface area contributed by atoms with Crippen LogP contribution in [0.15, 0.2) is 18.2 Å². The molecule has 0 heterocycles. The minimum absolute atomic E-state index is 0. The van der Waals surface area contributed by atoms with Gasteiger partial charge in [-0.3, -0.25) is 0 Å². The molecule has 0 aliphatic rings. The largest absolute Gasteiger partial charge is 3.00 e. The average Bonchev–Trinajstić information content (AvgIpc) is 2.99. The monoisotopic (exact) mass is 847 g/mol. The van der Waals surface area contributed by atoms with E-state index in [0.29, 0.717) is 19.6 Å².